The van der Waals surface area contributed by atoms with Crippen LogP contribution < -0.4 is 16.4 Å². The van der Waals surface area contributed by atoms with E-state index in [4.69, 9.17) is 5.73 Å². The summed E-state index contributed by atoms with van der Waals surface area (Å²) in [6, 6.07) is 3.95. The molecule has 2 aromatic rings. The third-order valence-corrected chi connectivity index (χ3v) is 6.29. The summed E-state index contributed by atoms with van der Waals surface area (Å²) in [5, 5.41) is 6.02. The number of halogens is 2. The maximum absolute atomic E-state index is 14.0. The Morgan fingerprint density at radius 1 is 1.41 bits per heavy atom. The number of nitrogens with zero attached hydrogens (tertiary/aromatic N) is 3. The third-order valence-electron chi connectivity index (χ3n) is 4.44. The summed E-state index contributed by atoms with van der Waals surface area (Å²) in [5.41, 5.74) is 5.18. The van der Waals surface area contributed by atoms with Gasteiger partial charge in [-0.2, -0.15) is 4.98 Å². The SMILES string of the molecule is CS(=O)(=O)N1CCC[C@@H](Nc2ncc(Br)c(Nc3cccc(F)c3C(N)=O)n2)C1. The van der Waals surface area contributed by atoms with Crippen molar-refractivity contribution >= 4 is 49.3 Å². The van der Waals surface area contributed by atoms with Crippen molar-refractivity contribution in [2.75, 3.05) is 30.0 Å². The number of hydrogen-bond acceptors (Lipinski definition) is 7. The van der Waals surface area contributed by atoms with Gasteiger partial charge in [-0.25, -0.2) is 22.1 Å². The quantitative estimate of drug-likeness (QED) is 0.569. The van der Waals surface area contributed by atoms with Gasteiger partial charge in [0.15, 0.2) is 0 Å². The van der Waals surface area contributed by atoms with Crippen molar-refractivity contribution in [3.05, 3.63) is 40.2 Å². The van der Waals surface area contributed by atoms with Crippen LogP contribution in [0.1, 0.15) is 23.2 Å². The topological polar surface area (TPSA) is 130 Å². The number of aromatic nitrogens is 2. The van der Waals surface area contributed by atoms with E-state index in [9.17, 15) is 17.6 Å². The molecular formula is C17H20BrFN6O3S. The van der Waals surface area contributed by atoms with Gasteiger partial charge in [-0.1, -0.05) is 6.07 Å². The summed E-state index contributed by atoms with van der Waals surface area (Å²) >= 11 is 3.32. The van der Waals surface area contributed by atoms with E-state index >= 15 is 0 Å². The van der Waals surface area contributed by atoms with Crippen LogP contribution in [0.2, 0.25) is 0 Å². The van der Waals surface area contributed by atoms with Crippen molar-refractivity contribution in [2.24, 2.45) is 5.73 Å². The summed E-state index contributed by atoms with van der Waals surface area (Å²) in [6.07, 6.45) is 4.17. The predicted molar refractivity (Wildman–Crippen MR) is 111 cm³/mol. The smallest absolute Gasteiger partial charge is 0.253 e. The lowest BCUT2D eigenvalue weighted by Gasteiger charge is -2.31. The normalized spacial score (nSPS) is 17.7. The van der Waals surface area contributed by atoms with Crippen molar-refractivity contribution in [3.8, 4) is 0 Å². The molecule has 1 saturated heterocycles. The molecular weight excluding hydrogens is 467 g/mol. The van der Waals surface area contributed by atoms with Crippen molar-refractivity contribution in [1.29, 1.82) is 0 Å². The Labute approximate surface area is 176 Å². The van der Waals surface area contributed by atoms with Gasteiger partial charge in [0.05, 0.1) is 22.0 Å². The molecule has 1 aliphatic heterocycles. The lowest BCUT2D eigenvalue weighted by Crippen LogP contribution is -2.44. The minimum absolute atomic E-state index is 0.150. The zero-order valence-corrected chi connectivity index (χ0v) is 17.9. The molecule has 156 valence electrons. The molecule has 9 nitrogen and oxygen atoms in total. The zero-order valence-electron chi connectivity index (χ0n) is 15.5. The molecule has 0 unspecified atom stereocenters. The fourth-order valence-electron chi connectivity index (χ4n) is 3.07. The molecule has 1 aliphatic rings. The molecule has 2 heterocycles. The molecule has 4 N–H and O–H groups in total. The second kappa shape index (κ2) is 8.59. The van der Waals surface area contributed by atoms with Gasteiger partial charge in [-0.15, -0.1) is 0 Å². The van der Waals surface area contributed by atoms with E-state index in [1.54, 1.807) is 0 Å². The second-order valence-electron chi connectivity index (χ2n) is 6.65. The number of rotatable bonds is 6. The largest absolute Gasteiger partial charge is 0.365 e. The highest BCUT2D eigenvalue weighted by Gasteiger charge is 2.26. The maximum Gasteiger partial charge on any atom is 0.253 e. The van der Waals surface area contributed by atoms with Crippen LogP contribution >= 0.6 is 15.9 Å². The maximum atomic E-state index is 14.0. The van der Waals surface area contributed by atoms with Gasteiger partial charge < -0.3 is 16.4 Å². The fourth-order valence-corrected chi connectivity index (χ4v) is 4.28. The predicted octanol–water partition coefficient (Wildman–Crippen LogP) is 2.06. The Kier molecular flexibility index (Phi) is 6.34. The van der Waals surface area contributed by atoms with E-state index in [-0.39, 0.29) is 23.2 Å². The number of primary amides is 1. The number of carbonyl (C=O) groups is 1. The molecule has 1 atom stereocenters. The number of hydrogen-bond donors (Lipinski definition) is 3. The van der Waals surface area contributed by atoms with E-state index in [0.29, 0.717) is 23.4 Å². The molecule has 0 bridgehead atoms. The van der Waals surface area contributed by atoms with Crippen LogP contribution in [0.15, 0.2) is 28.9 Å². The van der Waals surface area contributed by atoms with E-state index in [1.165, 1.54) is 28.9 Å². The van der Waals surface area contributed by atoms with Gasteiger partial charge in [0.25, 0.3) is 5.91 Å². The van der Waals surface area contributed by atoms with Gasteiger partial charge in [0, 0.05) is 25.3 Å². The molecule has 1 fully saturated rings. The summed E-state index contributed by atoms with van der Waals surface area (Å²) in [4.78, 5) is 20.1. The van der Waals surface area contributed by atoms with Crippen LogP contribution in [0, 0.1) is 5.82 Å². The molecule has 1 aromatic heterocycles. The number of nitrogens with one attached hydrogen (secondary N) is 2. The van der Waals surface area contributed by atoms with Crippen LogP contribution in [0.5, 0.6) is 0 Å². The highest BCUT2D eigenvalue weighted by atomic mass is 79.9. The van der Waals surface area contributed by atoms with E-state index in [0.717, 1.165) is 18.9 Å². The molecule has 0 saturated carbocycles. The van der Waals surface area contributed by atoms with Crippen LogP contribution in [0.25, 0.3) is 0 Å². The van der Waals surface area contributed by atoms with Crippen molar-refractivity contribution in [1.82, 2.24) is 14.3 Å². The average molecular weight is 487 g/mol. The number of amides is 1. The monoisotopic (exact) mass is 486 g/mol. The molecule has 0 aliphatic carbocycles. The van der Waals surface area contributed by atoms with Crippen molar-refractivity contribution in [2.45, 2.75) is 18.9 Å². The van der Waals surface area contributed by atoms with E-state index in [2.05, 4.69) is 36.5 Å². The number of benzene rings is 1. The minimum atomic E-state index is -3.27. The minimum Gasteiger partial charge on any atom is -0.365 e. The van der Waals surface area contributed by atoms with Crippen molar-refractivity contribution < 1.29 is 17.6 Å². The molecule has 12 heteroatoms. The Morgan fingerprint density at radius 2 is 2.17 bits per heavy atom. The number of carbonyl (C=O) groups excluding carboxylic acids is 1. The van der Waals surface area contributed by atoms with Gasteiger partial charge in [-0.3, -0.25) is 4.79 Å². The van der Waals surface area contributed by atoms with Gasteiger partial charge in [0.1, 0.15) is 11.6 Å². The van der Waals surface area contributed by atoms with E-state index < -0.39 is 21.7 Å². The first-order chi connectivity index (χ1) is 13.6. The summed E-state index contributed by atoms with van der Waals surface area (Å²) in [6.45, 7) is 0.803. The van der Waals surface area contributed by atoms with Crippen LogP contribution in [0.3, 0.4) is 0 Å². The standard InChI is InChI=1S/C17H20BrFN6O3S/c1-29(27,28)25-7-3-4-10(9-25)22-17-21-8-11(18)16(24-17)23-13-6-2-5-12(19)14(13)15(20)26/h2,5-6,8,10H,3-4,7,9H2,1H3,(H2,20,26)(H2,21,22,23,24)/t10-/m1/s1. The van der Waals surface area contributed by atoms with Gasteiger partial charge >= 0.3 is 0 Å². The Bertz CT molecular complexity index is 1040. The lowest BCUT2D eigenvalue weighted by molar-refractivity contribution is 0.0997. The average Bonchev–Trinajstić information content (AvgIpc) is 2.64. The van der Waals surface area contributed by atoms with E-state index in [1.807, 2.05) is 0 Å². The van der Waals surface area contributed by atoms with Crippen LogP contribution in [-0.2, 0) is 10.0 Å². The lowest BCUT2D eigenvalue weighted by atomic mass is 10.1. The molecule has 0 spiro atoms. The third kappa shape index (κ3) is 5.19. The van der Waals surface area contributed by atoms with Crippen LogP contribution in [-0.4, -0.2) is 54.0 Å². The van der Waals surface area contributed by atoms with Crippen LogP contribution in [0.4, 0.5) is 21.8 Å². The number of piperidine rings is 1. The highest BCUT2D eigenvalue weighted by molar-refractivity contribution is 9.10. The summed E-state index contributed by atoms with van der Waals surface area (Å²) in [5.74, 6) is -1.08. The Balaban J connectivity index is 1.81. The number of nitrogens with two attached hydrogens (primary N) is 1. The summed E-state index contributed by atoms with van der Waals surface area (Å²) in [7, 11) is -3.27. The first kappa shape index (κ1) is 21.4. The molecule has 3 rings (SSSR count). The molecule has 1 amide bonds. The summed E-state index contributed by atoms with van der Waals surface area (Å²) < 4.78 is 39.4. The van der Waals surface area contributed by atoms with Gasteiger partial charge in [0.2, 0.25) is 16.0 Å². The van der Waals surface area contributed by atoms with Gasteiger partial charge in [-0.05, 0) is 40.9 Å². The molecule has 1 aromatic carbocycles. The first-order valence-electron chi connectivity index (χ1n) is 8.74. The Morgan fingerprint density at radius 3 is 2.86 bits per heavy atom. The number of sulfonamides is 1. The highest BCUT2D eigenvalue weighted by Crippen LogP contribution is 2.28. The first-order valence-corrected chi connectivity index (χ1v) is 11.4. The number of anilines is 3. The van der Waals surface area contributed by atoms with Crippen molar-refractivity contribution in [3.63, 3.8) is 0 Å². The molecule has 0 radical (unpaired) electrons. The molecule has 29 heavy (non-hydrogen) atoms. The Hall–Kier alpha value is -2.31. The second-order valence-corrected chi connectivity index (χ2v) is 9.48. The zero-order chi connectivity index (χ0) is 21.2. The fraction of sp³-hybridized carbons (Fsp3) is 0.353.